The van der Waals surface area contributed by atoms with E-state index in [1.54, 1.807) is 19.5 Å². The van der Waals surface area contributed by atoms with Crippen LogP contribution in [0, 0.1) is 0 Å². The lowest BCUT2D eigenvalue weighted by Gasteiger charge is -2.15. The number of rotatable bonds is 6. The van der Waals surface area contributed by atoms with E-state index in [0.29, 0.717) is 17.4 Å². The van der Waals surface area contributed by atoms with Crippen LogP contribution in [-0.2, 0) is 6.54 Å². The van der Waals surface area contributed by atoms with Gasteiger partial charge in [-0.1, -0.05) is 6.07 Å². The van der Waals surface area contributed by atoms with E-state index < -0.39 is 0 Å². The van der Waals surface area contributed by atoms with E-state index >= 15 is 0 Å². The maximum absolute atomic E-state index is 5.71. The quantitative estimate of drug-likeness (QED) is 0.792. The zero-order chi connectivity index (χ0) is 16.7. The van der Waals surface area contributed by atoms with Crippen LogP contribution in [0.5, 0.6) is 11.5 Å². The van der Waals surface area contributed by atoms with Crippen molar-refractivity contribution >= 4 is 23.0 Å². The molecule has 6 heteroatoms. The molecule has 0 spiro atoms. The highest BCUT2D eigenvalue weighted by Gasteiger charge is 2.08. The number of hydrogen-bond acceptors (Lipinski definition) is 4. The summed E-state index contributed by atoms with van der Waals surface area (Å²) in [6.45, 7) is 4.56. The Morgan fingerprint density at radius 2 is 1.91 bits per heavy atom. The summed E-state index contributed by atoms with van der Waals surface area (Å²) in [5.41, 5.74) is 1.95. The Kier molecular flexibility index (Phi) is 6.17. The topological polar surface area (TPSA) is 55.4 Å². The molecule has 2 N–H and O–H groups in total. The molecule has 0 atom stereocenters. The monoisotopic (exact) mass is 331 g/mol. The van der Waals surface area contributed by atoms with E-state index in [-0.39, 0.29) is 6.10 Å². The molecule has 5 nitrogen and oxygen atoms in total. The van der Waals surface area contributed by atoms with Gasteiger partial charge in [0.05, 0.1) is 13.2 Å². The van der Waals surface area contributed by atoms with Gasteiger partial charge in [-0.15, -0.1) is 0 Å². The number of nitrogens with one attached hydrogen (secondary N) is 2. The number of pyridine rings is 1. The van der Waals surface area contributed by atoms with E-state index in [1.165, 1.54) is 0 Å². The van der Waals surface area contributed by atoms with Crippen LogP contribution in [0.3, 0.4) is 0 Å². The number of ether oxygens (including phenoxy) is 2. The molecule has 2 aromatic rings. The molecule has 0 amide bonds. The summed E-state index contributed by atoms with van der Waals surface area (Å²) < 4.78 is 11.1. The number of hydrogen-bond donors (Lipinski definition) is 2. The van der Waals surface area contributed by atoms with Crippen LogP contribution in [0.25, 0.3) is 0 Å². The third-order valence-electron chi connectivity index (χ3n) is 2.98. The van der Waals surface area contributed by atoms with Gasteiger partial charge in [-0.25, -0.2) is 0 Å². The highest BCUT2D eigenvalue weighted by atomic mass is 32.1. The number of aromatic nitrogens is 1. The predicted octanol–water partition coefficient (Wildman–Crippen LogP) is 3.36. The van der Waals surface area contributed by atoms with Gasteiger partial charge < -0.3 is 20.1 Å². The Morgan fingerprint density at radius 3 is 2.57 bits per heavy atom. The maximum Gasteiger partial charge on any atom is 0.171 e. The average molecular weight is 331 g/mol. The normalized spacial score (nSPS) is 10.3. The Balaban J connectivity index is 1.93. The van der Waals surface area contributed by atoms with Crippen LogP contribution in [0.1, 0.15) is 19.4 Å². The molecule has 0 aliphatic heterocycles. The van der Waals surface area contributed by atoms with E-state index in [9.17, 15) is 0 Å². The van der Waals surface area contributed by atoms with E-state index in [1.807, 2.05) is 44.2 Å². The minimum Gasteiger partial charge on any atom is -0.493 e. The summed E-state index contributed by atoms with van der Waals surface area (Å²) in [5, 5.41) is 6.82. The van der Waals surface area contributed by atoms with Gasteiger partial charge in [-0.3, -0.25) is 4.98 Å². The first-order chi connectivity index (χ1) is 11.1. The van der Waals surface area contributed by atoms with E-state index in [2.05, 4.69) is 15.6 Å². The SMILES string of the molecule is COc1cc(CNC(=S)Nc2ccncc2)ccc1OC(C)C. The van der Waals surface area contributed by atoms with Crippen molar-refractivity contribution in [1.82, 2.24) is 10.3 Å². The van der Waals surface area contributed by atoms with Gasteiger partial charge in [0.2, 0.25) is 0 Å². The third-order valence-corrected chi connectivity index (χ3v) is 3.23. The predicted molar refractivity (Wildman–Crippen MR) is 96.1 cm³/mol. The first-order valence-electron chi connectivity index (χ1n) is 7.37. The van der Waals surface area contributed by atoms with Crippen molar-refractivity contribution in [2.75, 3.05) is 12.4 Å². The lowest BCUT2D eigenvalue weighted by Crippen LogP contribution is -2.27. The number of benzene rings is 1. The molecule has 1 aromatic carbocycles. The summed E-state index contributed by atoms with van der Waals surface area (Å²) in [4.78, 5) is 3.96. The van der Waals surface area contributed by atoms with Crippen LogP contribution in [-0.4, -0.2) is 23.3 Å². The minimum absolute atomic E-state index is 0.102. The molecule has 0 fully saturated rings. The molecule has 0 radical (unpaired) electrons. The largest absolute Gasteiger partial charge is 0.493 e. The van der Waals surface area contributed by atoms with Crippen LogP contribution in [0.15, 0.2) is 42.7 Å². The molecule has 0 bridgehead atoms. The van der Waals surface area contributed by atoms with Crippen molar-refractivity contribution < 1.29 is 9.47 Å². The smallest absolute Gasteiger partial charge is 0.171 e. The molecular formula is C17H21N3O2S. The number of anilines is 1. The summed E-state index contributed by atoms with van der Waals surface area (Å²) in [5.74, 6) is 1.45. The number of methoxy groups -OCH3 is 1. The summed E-state index contributed by atoms with van der Waals surface area (Å²) >= 11 is 5.28. The van der Waals surface area contributed by atoms with Crippen molar-refractivity contribution in [3.05, 3.63) is 48.3 Å². The molecule has 0 saturated heterocycles. The van der Waals surface area contributed by atoms with Gasteiger partial charge >= 0.3 is 0 Å². The molecule has 0 saturated carbocycles. The Bertz CT molecular complexity index is 648. The van der Waals surface area contributed by atoms with Gasteiger partial charge in [-0.2, -0.15) is 0 Å². The summed E-state index contributed by atoms with van der Waals surface area (Å²) in [6, 6.07) is 9.56. The van der Waals surface area contributed by atoms with Gasteiger partial charge in [0.1, 0.15) is 0 Å². The molecule has 2 rings (SSSR count). The maximum atomic E-state index is 5.71. The zero-order valence-corrected chi connectivity index (χ0v) is 14.3. The standard InChI is InChI=1S/C17H21N3O2S/c1-12(2)22-15-5-4-13(10-16(15)21-3)11-19-17(23)20-14-6-8-18-9-7-14/h4-10,12H,11H2,1-3H3,(H2,18,19,20,23). The molecule has 122 valence electrons. The Morgan fingerprint density at radius 1 is 1.17 bits per heavy atom. The van der Waals surface area contributed by atoms with Crippen LogP contribution in [0.2, 0.25) is 0 Å². The molecule has 0 aliphatic rings. The average Bonchev–Trinajstić information content (AvgIpc) is 2.54. The number of nitrogens with zero attached hydrogens (tertiary/aromatic N) is 1. The number of thiocarbonyl (C=S) groups is 1. The Labute approximate surface area is 142 Å². The van der Waals surface area contributed by atoms with Crippen LogP contribution >= 0.6 is 12.2 Å². The fourth-order valence-electron chi connectivity index (χ4n) is 1.97. The molecule has 1 heterocycles. The molecule has 0 unspecified atom stereocenters. The minimum atomic E-state index is 0.102. The van der Waals surface area contributed by atoms with Crippen molar-refractivity contribution in [3.63, 3.8) is 0 Å². The fourth-order valence-corrected chi connectivity index (χ4v) is 2.16. The summed E-state index contributed by atoms with van der Waals surface area (Å²) in [7, 11) is 1.63. The highest BCUT2D eigenvalue weighted by Crippen LogP contribution is 2.28. The third kappa shape index (κ3) is 5.41. The molecule has 0 aliphatic carbocycles. The summed E-state index contributed by atoms with van der Waals surface area (Å²) in [6.07, 6.45) is 3.53. The van der Waals surface area contributed by atoms with Gasteiger partial charge in [0.25, 0.3) is 0 Å². The van der Waals surface area contributed by atoms with Gasteiger partial charge in [0.15, 0.2) is 16.6 Å². The lowest BCUT2D eigenvalue weighted by atomic mass is 10.2. The van der Waals surface area contributed by atoms with Crippen molar-refractivity contribution in [3.8, 4) is 11.5 Å². The second kappa shape index (κ2) is 8.33. The fraction of sp³-hybridized carbons (Fsp3) is 0.294. The van der Waals surface area contributed by atoms with Gasteiger partial charge in [-0.05, 0) is 55.9 Å². The first kappa shape index (κ1) is 17.0. The van der Waals surface area contributed by atoms with Crippen molar-refractivity contribution in [2.24, 2.45) is 0 Å². The van der Waals surface area contributed by atoms with Crippen molar-refractivity contribution in [2.45, 2.75) is 26.5 Å². The van der Waals surface area contributed by atoms with E-state index in [0.717, 1.165) is 17.0 Å². The van der Waals surface area contributed by atoms with E-state index in [4.69, 9.17) is 21.7 Å². The van der Waals surface area contributed by atoms with Crippen molar-refractivity contribution in [1.29, 1.82) is 0 Å². The Hall–Kier alpha value is -2.34. The molecular weight excluding hydrogens is 310 g/mol. The molecule has 23 heavy (non-hydrogen) atoms. The second-order valence-electron chi connectivity index (χ2n) is 5.20. The van der Waals surface area contributed by atoms with Crippen LogP contribution in [0.4, 0.5) is 5.69 Å². The lowest BCUT2D eigenvalue weighted by molar-refractivity contribution is 0.230. The van der Waals surface area contributed by atoms with Gasteiger partial charge in [0, 0.05) is 24.6 Å². The molecule has 1 aromatic heterocycles. The highest BCUT2D eigenvalue weighted by molar-refractivity contribution is 7.80. The van der Waals surface area contributed by atoms with Crippen LogP contribution < -0.4 is 20.1 Å². The first-order valence-corrected chi connectivity index (χ1v) is 7.77. The zero-order valence-electron chi connectivity index (χ0n) is 13.5. The second-order valence-corrected chi connectivity index (χ2v) is 5.60.